The maximum atomic E-state index is 4.84. The van der Waals surface area contributed by atoms with Crippen molar-refractivity contribution in [3.8, 4) is 0 Å². The van der Waals surface area contributed by atoms with Crippen molar-refractivity contribution < 1.29 is 0 Å². The molecule has 0 spiro atoms. The minimum absolute atomic E-state index is 0.559. The standard InChI is InChI=1S/C13H27.C6H10NSSi.Sn/c1-4-7-10-13(11-8-5-2)12-9-6-3;1-9(2,3)6-7-4-5-8-6;/h4-12H2,1-3H3;4H,1-3H3;. The number of hydrogen-bond donors (Lipinski definition) is 0. The Labute approximate surface area is 160 Å². The molecule has 0 fully saturated rings. The second-order valence-corrected chi connectivity index (χ2v) is 20.7. The molecular weight excluding hydrogens is 421 g/mol. The van der Waals surface area contributed by atoms with Crippen LogP contribution in [0.5, 0.6) is 0 Å². The monoisotopic (exact) mass is 459 g/mol. The summed E-state index contributed by atoms with van der Waals surface area (Å²) < 4.78 is 3.90. The molecular formula is C19H37NSSiSn. The van der Waals surface area contributed by atoms with Crippen LogP contribution < -0.4 is 7.52 Å². The van der Waals surface area contributed by atoms with Gasteiger partial charge in [-0.2, -0.15) is 0 Å². The Morgan fingerprint density at radius 2 is 1.43 bits per heavy atom. The van der Waals surface area contributed by atoms with Gasteiger partial charge >= 0.3 is 161 Å². The molecule has 0 N–H and O–H groups in total. The van der Waals surface area contributed by atoms with Crippen molar-refractivity contribution >= 4 is 48.1 Å². The first-order valence-electron chi connectivity index (χ1n) is 9.61. The molecule has 4 heteroatoms. The van der Waals surface area contributed by atoms with Crippen LogP contribution >= 0.6 is 11.3 Å². The van der Waals surface area contributed by atoms with E-state index in [2.05, 4.69) is 57.9 Å². The minimum atomic E-state index is -1.23. The van der Waals surface area contributed by atoms with E-state index in [1.165, 1.54) is 62.4 Å². The zero-order valence-corrected chi connectivity index (χ0v) is 21.0. The van der Waals surface area contributed by atoms with Gasteiger partial charge in [0, 0.05) is 0 Å². The van der Waals surface area contributed by atoms with Crippen LogP contribution in [0.3, 0.4) is 0 Å². The fraction of sp³-hybridized carbons (Fsp3) is 0.842. The van der Waals surface area contributed by atoms with Crippen LogP contribution in [0.1, 0.15) is 78.6 Å². The van der Waals surface area contributed by atoms with E-state index < -0.39 is 29.2 Å². The van der Waals surface area contributed by atoms with E-state index in [0.717, 1.165) is 0 Å². The zero-order valence-electron chi connectivity index (χ0n) is 16.3. The first kappa shape index (κ1) is 21.7. The van der Waals surface area contributed by atoms with Crippen molar-refractivity contribution in [3.05, 3.63) is 6.20 Å². The molecule has 0 unspecified atom stereocenters. The number of thiazole rings is 1. The number of hydrogen-bond acceptors (Lipinski definition) is 2. The first-order valence-corrected chi connectivity index (χ1v) is 16.8. The summed E-state index contributed by atoms with van der Waals surface area (Å²) in [6, 6.07) is 0. The van der Waals surface area contributed by atoms with Crippen LogP contribution in [0.15, 0.2) is 6.20 Å². The van der Waals surface area contributed by atoms with E-state index in [1.54, 1.807) is 2.89 Å². The third kappa shape index (κ3) is 7.60. The van der Waals surface area contributed by atoms with Gasteiger partial charge in [0.05, 0.1) is 0 Å². The van der Waals surface area contributed by atoms with Crippen molar-refractivity contribution in [2.24, 2.45) is 0 Å². The molecule has 0 aliphatic heterocycles. The van der Waals surface area contributed by atoms with E-state index >= 15 is 0 Å². The fourth-order valence-electron chi connectivity index (χ4n) is 3.05. The summed E-state index contributed by atoms with van der Waals surface area (Å²) in [7, 11) is -1.23. The summed E-state index contributed by atoms with van der Waals surface area (Å²) in [5.74, 6) is 0. The molecule has 1 aromatic heterocycles. The van der Waals surface area contributed by atoms with Crippen molar-refractivity contribution in [1.82, 2.24) is 4.98 Å². The van der Waals surface area contributed by atoms with E-state index in [4.69, 9.17) is 4.98 Å². The predicted molar refractivity (Wildman–Crippen MR) is 112 cm³/mol. The molecule has 132 valence electrons. The average Bonchev–Trinajstić information content (AvgIpc) is 2.97. The van der Waals surface area contributed by atoms with Gasteiger partial charge in [0.1, 0.15) is 0 Å². The molecule has 23 heavy (non-hydrogen) atoms. The molecule has 2 radical (unpaired) electrons. The van der Waals surface area contributed by atoms with Gasteiger partial charge in [0.2, 0.25) is 0 Å². The Morgan fingerprint density at radius 1 is 0.957 bits per heavy atom. The van der Waals surface area contributed by atoms with Crippen molar-refractivity contribution in [2.75, 3.05) is 0 Å². The predicted octanol–water partition coefficient (Wildman–Crippen LogP) is 5.75. The number of aromatic nitrogens is 1. The normalized spacial score (nSPS) is 12.8. The van der Waals surface area contributed by atoms with Crippen molar-refractivity contribution in [2.45, 2.75) is 102 Å². The third-order valence-corrected chi connectivity index (χ3v) is 15.0. The van der Waals surface area contributed by atoms with Gasteiger partial charge in [-0.1, -0.05) is 0 Å². The van der Waals surface area contributed by atoms with Gasteiger partial charge in [-0.25, -0.2) is 0 Å². The molecule has 1 rings (SSSR count). The Balaban J connectivity index is 2.93. The van der Waals surface area contributed by atoms with Gasteiger partial charge in [0.15, 0.2) is 0 Å². The number of rotatable bonds is 12. The molecule has 0 aliphatic carbocycles. The Morgan fingerprint density at radius 3 is 1.78 bits per heavy atom. The third-order valence-electron chi connectivity index (χ3n) is 4.56. The number of unbranched alkanes of at least 4 members (excludes halogenated alkanes) is 3. The van der Waals surface area contributed by atoms with Crippen LogP contribution in [0.4, 0.5) is 0 Å². The molecule has 1 nitrogen and oxygen atoms in total. The van der Waals surface area contributed by atoms with Gasteiger partial charge in [-0.05, 0) is 0 Å². The van der Waals surface area contributed by atoms with E-state index in [9.17, 15) is 0 Å². The van der Waals surface area contributed by atoms with Crippen LogP contribution in [-0.4, -0.2) is 34.2 Å². The van der Waals surface area contributed by atoms with Gasteiger partial charge < -0.3 is 0 Å². The molecule has 0 saturated carbocycles. The molecule has 0 bridgehead atoms. The summed E-state index contributed by atoms with van der Waals surface area (Å²) in [6.07, 6.45) is 15.0. The van der Waals surface area contributed by atoms with Crippen LogP contribution in [0.2, 0.25) is 23.1 Å². The first-order chi connectivity index (χ1) is 10.9. The van der Waals surface area contributed by atoms with Gasteiger partial charge in [-0.15, -0.1) is 0 Å². The Kier molecular flexibility index (Phi) is 9.99. The molecule has 0 atom stereocenters. The van der Waals surface area contributed by atoms with Crippen LogP contribution in [-0.2, 0) is 0 Å². The average molecular weight is 458 g/mol. The Bertz CT molecular complexity index is 417. The molecule has 0 amide bonds. The maximum absolute atomic E-state index is 4.84. The molecule has 0 saturated heterocycles. The zero-order chi connectivity index (χ0) is 17.3. The van der Waals surface area contributed by atoms with Gasteiger partial charge in [0.25, 0.3) is 0 Å². The second kappa shape index (κ2) is 10.6. The molecule has 0 aliphatic rings. The van der Waals surface area contributed by atoms with Crippen LogP contribution in [0.25, 0.3) is 0 Å². The summed E-state index contributed by atoms with van der Waals surface area (Å²) in [5.41, 5.74) is 0. The molecule has 1 aromatic rings. The number of nitrogens with zero attached hydrogens (tertiary/aromatic N) is 1. The quantitative estimate of drug-likeness (QED) is 0.364. The SMILES string of the molecule is CCCC[C](CCCC)(CCCC)[Sn][c]1cnc([Si](C)(C)C)s1. The fourth-order valence-corrected chi connectivity index (χ4v) is 13.6. The van der Waals surface area contributed by atoms with Crippen molar-refractivity contribution in [3.63, 3.8) is 0 Å². The molecule has 1 heterocycles. The van der Waals surface area contributed by atoms with E-state index in [0.29, 0.717) is 3.43 Å². The summed E-state index contributed by atoms with van der Waals surface area (Å²) in [5, 5.41) is 0. The summed E-state index contributed by atoms with van der Waals surface area (Å²) in [4.78, 5) is 4.84. The topological polar surface area (TPSA) is 12.9 Å². The van der Waals surface area contributed by atoms with Crippen LogP contribution in [0, 0.1) is 0 Å². The van der Waals surface area contributed by atoms with E-state index in [-0.39, 0.29) is 0 Å². The second-order valence-electron chi connectivity index (χ2n) is 8.00. The van der Waals surface area contributed by atoms with Crippen molar-refractivity contribution in [1.29, 1.82) is 0 Å². The summed E-state index contributed by atoms with van der Waals surface area (Å²) in [6.45, 7) is 14.3. The van der Waals surface area contributed by atoms with E-state index in [1.807, 2.05) is 0 Å². The molecule has 0 aromatic carbocycles. The Hall–Kier alpha value is 0.646. The summed E-state index contributed by atoms with van der Waals surface area (Å²) >= 11 is 1.53. The van der Waals surface area contributed by atoms with Gasteiger partial charge in [-0.3, -0.25) is 0 Å².